The Balaban J connectivity index is 1.89. The first-order valence-corrected chi connectivity index (χ1v) is 14.9. The summed E-state index contributed by atoms with van der Waals surface area (Å²) in [5.74, 6) is 0.666. The molecule has 0 aromatic heterocycles. The molecule has 0 radical (unpaired) electrons. The van der Waals surface area contributed by atoms with Crippen LogP contribution >= 0.6 is 0 Å². The smallest absolute Gasteiger partial charge is 0.258 e. The first kappa shape index (κ1) is 31.2. The van der Waals surface area contributed by atoms with Crippen molar-refractivity contribution in [3.63, 3.8) is 0 Å². The number of likely N-dealkylation sites (N-methyl/N-ethyl adjacent to an activating group) is 1. The highest BCUT2D eigenvalue weighted by molar-refractivity contribution is 5.98. The minimum atomic E-state index is -0.386. The zero-order valence-electron chi connectivity index (χ0n) is 25.0. The van der Waals surface area contributed by atoms with Crippen LogP contribution in [0.2, 0.25) is 0 Å². The van der Waals surface area contributed by atoms with Crippen LogP contribution in [0.4, 0.5) is 5.69 Å². The number of fused-ring (bicyclic) bond motifs is 1. The van der Waals surface area contributed by atoms with Crippen LogP contribution in [0.25, 0.3) is 0 Å². The summed E-state index contributed by atoms with van der Waals surface area (Å²) in [7, 11) is 5.78. The molecule has 1 saturated carbocycles. The number of anilines is 1. The third kappa shape index (κ3) is 8.58. The van der Waals surface area contributed by atoms with Gasteiger partial charge in [-0.3, -0.25) is 9.59 Å². The molecule has 39 heavy (non-hydrogen) atoms. The first-order chi connectivity index (χ1) is 18.6. The molecular formula is C31H51N3O5. The van der Waals surface area contributed by atoms with E-state index in [-0.39, 0.29) is 48.5 Å². The van der Waals surface area contributed by atoms with E-state index in [2.05, 4.69) is 6.92 Å². The summed E-state index contributed by atoms with van der Waals surface area (Å²) in [6.45, 7) is 7.32. The van der Waals surface area contributed by atoms with Crippen LogP contribution in [0.3, 0.4) is 0 Å². The Morgan fingerprint density at radius 1 is 1.08 bits per heavy atom. The summed E-state index contributed by atoms with van der Waals surface area (Å²) < 4.78 is 12.7. The number of amides is 2. The summed E-state index contributed by atoms with van der Waals surface area (Å²) in [5, 5.41) is 10.1. The lowest BCUT2D eigenvalue weighted by atomic mass is 9.88. The fourth-order valence-electron chi connectivity index (χ4n) is 5.67. The molecule has 1 fully saturated rings. The monoisotopic (exact) mass is 545 g/mol. The molecule has 2 amide bonds. The maximum Gasteiger partial charge on any atom is 0.258 e. The molecule has 3 rings (SSSR count). The highest BCUT2D eigenvalue weighted by Crippen LogP contribution is 2.30. The molecule has 0 bridgehead atoms. The van der Waals surface area contributed by atoms with Crippen molar-refractivity contribution in [3.05, 3.63) is 23.8 Å². The number of carbonyl (C=O) groups is 2. The van der Waals surface area contributed by atoms with Gasteiger partial charge in [-0.2, -0.15) is 0 Å². The quantitative estimate of drug-likeness (QED) is 0.563. The number of benzene rings is 1. The van der Waals surface area contributed by atoms with Gasteiger partial charge in [0.05, 0.1) is 30.4 Å². The number of nitrogens with zero attached hydrogens (tertiary/aromatic N) is 3. The molecular weight excluding hydrogens is 494 g/mol. The summed E-state index contributed by atoms with van der Waals surface area (Å²) in [5.41, 5.74) is 1.41. The van der Waals surface area contributed by atoms with Crippen LogP contribution in [-0.2, 0) is 9.53 Å². The number of aliphatic hydroxyl groups is 1. The maximum absolute atomic E-state index is 14.1. The average molecular weight is 546 g/mol. The van der Waals surface area contributed by atoms with Gasteiger partial charge in [-0.1, -0.05) is 26.2 Å². The number of hydrogen-bond acceptors (Lipinski definition) is 6. The predicted molar refractivity (Wildman–Crippen MR) is 155 cm³/mol. The zero-order valence-corrected chi connectivity index (χ0v) is 25.0. The largest absolute Gasteiger partial charge is 0.490 e. The molecule has 1 aliphatic carbocycles. The molecule has 1 aromatic rings. The van der Waals surface area contributed by atoms with E-state index < -0.39 is 0 Å². The standard InChI is InChI=1S/C31H51N3O5/c1-22-19-34(23(2)21-35)31(37)27-18-26(32(4)5)15-16-28(27)39-24(3)12-10-11-17-38-29(22)20-33(6)30(36)25-13-8-7-9-14-25/h15-16,18,22-25,29,35H,7-14,17,19-21H2,1-6H3/t22-,23+,24+,29-/m0/s1. The van der Waals surface area contributed by atoms with Gasteiger partial charge in [0.25, 0.3) is 5.91 Å². The minimum Gasteiger partial charge on any atom is -0.490 e. The van der Waals surface area contributed by atoms with Crippen molar-refractivity contribution in [2.75, 3.05) is 52.3 Å². The van der Waals surface area contributed by atoms with Crippen molar-refractivity contribution in [2.24, 2.45) is 11.8 Å². The molecule has 1 aliphatic heterocycles. The molecule has 8 nitrogen and oxygen atoms in total. The summed E-state index contributed by atoms with van der Waals surface area (Å²) in [6.07, 6.45) is 7.83. The van der Waals surface area contributed by atoms with E-state index in [1.54, 1.807) is 4.90 Å². The average Bonchev–Trinajstić information content (AvgIpc) is 2.93. The van der Waals surface area contributed by atoms with Crippen molar-refractivity contribution < 1.29 is 24.2 Å². The third-order valence-corrected chi connectivity index (χ3v) is 8.34. The summed E-state index contributed by atoms with van der Waals surface area (Å²) in [4.78, 5) is 32.9. The van der Waals surface area contributed by atoms with Crippen LogP contribution in [-0.4, -0.2) is 92.4 Å². The van der Waals surface area contributed by atoms with Crippen molar-refractivity contribution in [3.8, 4) is 5.75 Å². The van der Waals surface area contributed by atoms with Crippen molar-refractivity contribution >= 4 is 17.5 Å². The SMILES string of the molecule is C[C@@H]1CCCCO[C@@H](CN(C)C(=O)C2CCCCC2)[C@@H](C)CN([C@H](C)CO)C(=O)c2cc(N(C)C)ccc2O1. The second kappa shape index (κ2) is 14.9. The molecule has 1 N–H and O–H groups in total. The van der Waals surface area contributed by atoms with E-state index in [1.165, 1.54) is 6.42 Å². The number of rotatable bonds is 6. The second-order valence-electron chi connectivity index (χ2n) is 11.9. The molecule has 0 unspecified atom stereocenters. The fourth-order valence-corrected chi connectivity index (χ4v) is 5.67. The van der Waals surface area contributed by atoms with Crippen molar-refractivity contribution in [2.45, 2.75) is 90.4 Å². The molecule has 8 heteroatoms. The van der Waals surface area contributed by atoms with Gasteiger partial charge in [-0.05, 0) is 64.2 Å². The molecule has 0 saturated heterocycles. The van der Waals surface area contributed by atoms with Crippen LogP contribution in [0.1, 0.15) is 82.5 Å². The second-order valence-corrected chi connectivity index (χ2v) is 11.9. The molecule has 1 aromatic carbocycles. The van der Waals surface area contributed by atoms with Crippen molar-refractivity contribution in [1.82, 2.24) is 9.80 Å². The predicted octanol–water partition coefficient (Wildman–Crippen LogP) is 4.59. The Labute approximate surface area is 235 Å². The lowest BCUT2D eigenvalue weighted by Crippen LogP contribution is -2.48. The van der Waals surface area contributed by atoms with Gasteiger partial charge in [-0.25, -0.2) is 0 Å². The van der Waals surface area contributed by atoms with E-state index in [0.717, 1.165) is 50.6 Å². The van der Waals surface area contributed by atoms with Crippen LogP contribution in [0.15, 0.2) is 18.2 Å². The van der Waals surface area contributed by atoms with Crippen LogP contribution in [0, 0.1) is 11.8 Å². The van der Waals surface area contributed by atoms with E-state index in [9.17, 15) is 14.7 Å². The molecule has 220 valence electrons. The van der Waals surface area contributed by atoms with Gasteiger partial charge in [0.2, 0.25) is 5.91 Å². The maximum atomic E-state index is 14.1. The van der Waals surface area contributed by atoms with Crippen LogP contribution < -0.4 is 9.64 Å². The summed E-state index contributed by atoms with van der Waals surface area (Å²) in [6, 6.07) is 5.34. The molecule has 1 heterocycles. The number of ether oxygens (including phenoxy) is 2. The third-order valence-electron chi connectivity index (χ3n) is 8.34. The van der Waals surface area contributed by atoms with E-state index in [1.807, 2.05) is 63.0 Å². The molecule has 0 spiro atoms. The zero-order chi connectivity index (χ0) is 28.5. The van der Waals surface area contributed by atoms with Gasteiger partial charge >= 0.3 is 0 Å². The minimum absolute atomic E-state index is 0.0483. The van der Waals surface area contributed by atoms with Crippen molar-refractivity contribution in [1.29, 1.82) is 0 Å². The Bertz CT molecular complexity index is 933. The number of carbonyl (C=O) groups excluding carboxylic acids is 2. The highest BCUT2D eigenvalue weighted by atomic mass is 16.5. The van der Waals surface area contributed by atoms with Gasteiger partial charge < -0.3 is 29.3 Å². The lowest BCUT2D eigenvalue weighted by Gasteiger charge is -2.36. The van der Waals surface area contributed by atoms with E-state index in [4.69, 9.17) is 9.47 Å². The van der Waals surface area contributed by atoms with Gasteiger partial charge in [0, 0.05) is 58.4 Å². The lowest BCUT2D eigenvalue weighted by molar-refractivity contribution is -0.137. The van der Waals surface area contributed by atoms with Gasteiger partial charge in [0.1, 0.15) is 5.75 Å². The molecule has 4 atom stereocenters. The first-order valence-electron chi connectivity index (χ1n) is 14.9. The fraction of sp³-hybridized carbons (Fsp3) is 0.742. The van der Waals surface area contributed by atoms with Gasteiger partial charge in [0.15, 0.2) is 0 Å². The highest BCUT2D eigenvalue weighted by Gasteiger charge is 2.32. The normalized spacial score (nSPS) is 24.7. The Hall–Kier alpha value is -2.32. The Morgan fingerprint density at radius 3 is 2.44 bits per heavy atom. The topological polar surface area (TPSA) is 82.6 Å². The van der Waals surface area contributed by atoms with Gasteiger partial charge in [-0.15, -0.1) is 0 Å². The Morgan fingerprint density at radius 2 is 1.77 bits per heavy atom. The van der Waals surface area contributed by atoms with E-state index >= 15 is 0 Å². The summed E-state index contributed by atoms with van der Waals surface area (Å²) >= 11 is 0. The number of hydrogen-bond donors (Lipinski definition) is 1. The molecule has 2 aliphatic rings. The Kier molecular flexibility index (Phi) is 11.9. The van der Waals surface area contributed by atoms with E-state index in [0.29, 0.717) is 31.0 Å². The van der Waals surface area contributed by atoms with Crippen LogP contribution in [0.5, 0.6) is 5.75 Å². The number of aliphatic hydroxyl groups excluding tert-OH is 1.